The van der Waals surface area contributed by atoms with Crippen LogP contribution in [0, 0.1) is 0 Å². The van der Waals surface area contributed by atoms with Crippen LogP contribution in [0.4, 0.5) is 13.2 Å². The molecule has 0 saturated heterocycles. The Bertz CT molecular complexity index is 401. The molecule has 1 aromatic carbocycles. The summed E-state index contributed by atoms with van der Waals surface area (Å²) in [5.74, 6) is -0.890. The Hall–Kier alpha value is -1.72. The number of para-hydroxylation sites is 1. The van der Waals surface area contributed by atoms with Crippen molar-refractivity contribution in [2.75, 3.05) is 7.11 Å². The summed E-state index contributed by atoms with van der Waals surface area (Å²) in [6, 6.07) is 5.61. The van der Waals surface area contributed by atoms with E-state index in [1.165, 1.54) is 24.3 Å². The van der Waals surface area contributed by atoms with Gasteiger partial charge < -0.3 is 9.47 Å². The van der Waals surface area contributed by atoms with Gasteiger partial charge in [-0.15, -0.1) is 0 Å². The Morgan fingerprint density at radius 2 is 1.88 bits per heavy atom. The normalized spacial score (nSPS) is 13.0. The van der Waals surface area contributed by atoms with E-state index in [9.17, 15) is 18.0 Å². The monoisotopic (exact) mass is 248 g/mol. The van der Waals surface area contributed by atoms with E-state index >= 15 is 0 Å². The second-order valence-electron chi connectivity index (χ2n) is 3.29. The zero-order valence-electron chi connectivity index (χ0n) is 9.25. The minimum atomic E-state index is -4.48. The Labute approximate surface area is 96.1 Å². The number of ether oxygens (including phenoxy) is 2. The quantitative estimate of drug-likeness (QED) is 0.771. The highest BCUT2D eigenvalue weighted by molar-refractivity contribution is 5.92. The number of esters is 1. The predicted octanol–water partition coefficient (Wildman–Crippen LogP) is 2.80. The third-order valence-corrected chi connectivity index (χ3v) is 2.06. The first-order valence-corrected chi connectivity index (χ1v) is 4.77. The van der Waals surface area contributed by atoms with Gasteiger partial charge >= 0.3 is 12.1 Å². The summed E-state index contributed by atoms with van der Waals surface area (Å²) in [6.07, 6.45) is -6.48. The number of benzene rings is 1. The van der Waals surface area contributed by atoms with E-state index in [1.807, 2.05) is 0 Å². The third-order valence-electron chi connectivity index (χ3n) is 2.06. The molecule has 0 fully saturated rings. The average Bonchev–Trinajstić information content (AvgIpc) is 2.27. The molecule has 0 aliphatic heterocycles. The molecule has 0 aliphatic carbocycles. The number of halogens is 3. The van der Waals surface area contributed by atoms with Gasteiger partial charge in [-0.3, -0.25) is 0 Å². The highest BCUT2D eigenvalue weighted by Crippen LogP contribution is 2.27. The molecule has 0 amide bonds. The molecule has 0 spiro atoms. The largest absolute Gasteiger partial charge is 0.480 e. The maximum absolute atomic E-state index is 12.3. The minimum absolute atomic E-state index is 0.0360. The van der Waals surface area contributed by atoms with Crippen molar-refractivity contribution in [3.05, 3.63) is 29.8 Å². The van der Waals surface area contributed by atoms with Gasteiger partial charge in [-0.2, -0.15) is 13.2 Å². The Morgan fingerprint density at radius 3 is 2.41 bits per heavy atom. The first-order valence-electron chi connectivity index (χ1n) is 4.77. The summed E-state index contributed by atoms with van der Waals surface area (Å²) in [4.78, 5) is 11.3. The average molecular weight is 248 g/mol. The van der Waals surface area contributed by atoms with Gasteiger partial charge in [0.15, 0.2) is 6.10 Å². The van der Waals surface area contributed by atoms with Gasteiger partial charge in [0.2, 0.25) is 0 Å². The van der Waals surface area contributed by atoms with E-state index in [-0.39, 0.29) is 11.3 Å². The summed E-state index contributed by atoms with van der Waals surface area (Å²) in [5.41, 5.74) is -0.0360. The minimum Gasteiger partial charge on any atom is -0.480 e. The SMILES string of the molecule is COC(=O)c1ccccc1O[C@H](C)C(F)(F)F. The Morgan fingerprint density at radius 1 is 1.29 bits per heavy atom. The number of hydrogen-bond acceptors (Lipinski definition) is 3. The van der Waals surface area contributed by atoms with Crippen LogP contribution in [-0.4, -0.2) is 25.4 Å². The van der Waals surface area contributed by atoms with E-state index in [2.05, 4.69) is 4.74 Å². The number of hydrogen-bond donors (Lipinski definition) is 0. The van der Waals surface area contributed by atoms with Crippen molar-refractivity contribution in [3.8, 4) is 5.75 Å². The van der Waals surface area contributed by atoms with Crippen LogP contribution < -0.4 is 4.74 Å². The summed E-state index contributed by atoms with van der Waals surface area (Å²) < 4.78 is 46.1. The van der Waals surface area contributed by atoms with Crippen LogP contribution in [0.5, 0.6) is 5.75 Å². The van der Waals surface area contributed by atoms with Crippen LogP contribution in [0.2, 0.25) is 0 Å². The molecule has 0 bridgehead atoms. The van der Waals surface area contributed by atoms with Gasteiger partial charge in [-0.1, -0.05) is 12.1 Å². The van der Waals surface area contributed by atoms with Gasteiger partial charge in [-0.25, -0.2) is 4.79 Å². The van der Waals surface area contributed by atoms with Crippen LogP contribution >= 0.6 is 0 Å². The molecule has 0 heterocycles. The number of alkyl halides is 3. The topological polar surface area (TPSA) is 35.5 Å². The molecule has 17 heavy (non-hydrogen) atoms. The molecule has 0 unspecified atom stereocenters. The van der Waals surface area contributed by atoms with Crippen LogP contribution in [0.25, 0.3) is 0 Å². The van der Waals surface area contributed by atoms with Gasteiger partial charge in [0.05, 0.1) is 7.11 Å². The number of carbonyl (C=O) groups is 1. The second-order valence-corrected chi connectivity index (χ2v) is 3.29. The zero-order valence-corrected chi connectivity index (χ0v) is 9.25. The molecule has 0 N–H and O–H groups in total. The first kappa shape index (κ1) is 13.3. The molecular formula is C11H11F3O3. The molecule has 0 radical (unpaired) electrons. The molecule has 0 aromatic heterocycles. The predicted molar refractivity (Wildman–Crippen MR) is 53.9 cm³/mol. The molecule has 94 valence electrons. The van der Waals surface area contributed by atoms with E-state index in [0.717, 1.165) is 14.0 Å². The smallest absolute Gasteiger partial charge is 0.425 e. The van der Waals surface area contributed by atoms with Crippen molar-refractivity contribution in [1.29, 1.82) is 0 Å². The van der Waals surface area contributed by atoms with E-state index in [4.69, 9.17) is 4.74 Å². The van der Waals surface area contributed by atoms with Gasteiger partial charge in [0.1, 0.15) is 11.3 Å². The second kappa shape index (κ2) is 5.07. The molecule has 1 atom stereocenters. The van der Waals surface area contributed by atoms with Crippen LogP contribution in [0.15, 0.2) is 24.3 Å². The fourth-order valence-corrected chi connectivity index (χ4v) is 1.11. The maximum atomic E-state index is 12.3. The first-order chi connectivity index (χ1) is 7.86. The Balaban J connectivity index is 2.95. The fraction of sp³-hybridized carbons (Fsp3) is 0.364. The Kier molecular flexibility index (Phi) is 3.98. The summed E-state index contributed by atoms with van der Waals surface area (Å²) >= 11 is 0. The van der Waals surface area contributed by atoms with Crippen molar-refractivity contribution in [2.24, 2.45) is 0 Å². The molecule has 1 rings (SSSR count). The van der Waals surface area contributed by atoms with Crippen molar-refractivity contribution in [2.45, 2.75) is 19.2 Å². The van der Waals surface area contributed by atoms with E-state index in [0.29, 0.717) is 0 Å². The van der Waals surface area contributed by atoms with Gasteiger partial charge in [0.25, 0.3) is 0 Å². The molecule has 3 nitrogen and oxygen atoms in total. The third kappa shape index (κ3) is 3.37. The van der Waals surface area contributed by atoms with Crippen molar-refractivity contribution in [3.63, 3.8) is 0 Å². The standard InChI is InChI=1S/C11H11F3O3/c1-7(11(12,13)14)17-9-6-4-3-5-8(9)10(15)16-2/h3-7H,1-2H3/t7-/m1/s1. The van der Waals surface area contributed by atoms with E-state index in [1.54, 1.807) is 0 Å². The molecule has 0 saturated carbocycles. The van der Waals surface area contributed by atoms with E-state index < -0.39 is 18.2 Å². The lowest BCUT2D eigenvalue weighted by molar-refractivity contribution is -0.189. The number of carbonyl (C=O) groups excluding carboxylic acids is 1. The number of methoxy groups -OCH3 is 1. The lowest BCUT2D eigenvalue weighted by Crippen LogP contribution is -2.31. The fourth-order valence-electron chi connectivity index (χ4n) is 1.11. The molecular weight excluding hydrogens is 237 g/mol. The van der Waals surface area contributed by atoms with Crippen molar-refractivity contribution < 1.29 is 27.4 Å². The summed E-state index contributed by atoms with van der Waals surface area (Å²) in [7, 11) is 1.15. The van der Waals surface area contributed by atoms with Gasteiger partial charge in [-0.05, 0) is 19.1 Å². The zero-order chi connectivity index (χ0) is 13.1. The van der Waals surface area contributed by atoms with Crippen LogP contribution in [0.1, 0.15) is 17.3 Å². The molecule has 1 aromatic rings. The van der Waals surface area contributed by atoms with Crippen LogP contribution in [0.3, 0.4) is 0 Å². The highest BCUT2D eigenvalue weighted by atomic mass is 19.4. The lowest BCUT2D eigenvalue weighted by atomic mass is 10.2. The highest BCUT2D eigenvalue weighted by Gasteiger charge is 2.38. The van der Waals surface area contributed by atoms with Gasteiger partial charge in [0, 0.05) is 0 Å². The molecule has 6 heteroatoms. The maximum Gasteiger partial charge on any atom is 0.425 e. The van der Waals surface area contributed by atoms with Crippen molar-refractivity contribution >= 4 is 5.97 Å². The molecule has 0 aliphatic rings. The van der Waals surface area contributed by atoms with Crippen molar-refractivity contribution in [1.82, 2.24) is 0 Å². The number of rotatable bonds is 3. The van der Waals surface area contributed by atoms with Crippen LogP contribution in [-0.2, 0) is 4.74 Å². The summed E-state index contributed by atoms with van der Waals surface area (Å²) in [6.45, 7) is 0.869. The lowest BCUT2D eigenvalue weighted by Gasteiger charge is -2.18. The summed E-state index contributed by atoms with van der Waals surface area (Å²) in [5, 5.41) is 0.